The Balaban J connectivity index is 1.25. The highest BCUT2D eigenvalue weighted by Gasteiger charge is 2.60. The average Bonchev–Trinajstić information content (AvgIpc) is 3.29. The molecule has 14 nitrogen and oxygen atoms in total. The van der Waals surface area contributed by atoms with Crippen molar-refractivity contribution in [3.05, 3.63) is 11.6 Å². The highest BCUT2D eigenvalue weighted by atomic mass is 35.5. The van der Waals surface area contributed by atoms with Crippen LogP contribution < -0.4 is 10.4 Å². The molecule has 222 valence electrons. The first kappa shape index (κ1) is 28.9. The lowest BCUT2D eigenvalue weighted by atomic mass is 9.43. The number of rotatable bonds is 8. The zero-order chi connectivity index (χ0) is 28.9. The van der Waals surface area contributed by atoms with Gasteiger partial charge in [0.15, 0.2) is 23.2 Å². The standard InChI is InChI=1S/C23H35ClN6O8P2/c1-21-3-12-4-22(2,7-21)9-23(5-12,8-21)29-17-14-18(28-20(24)27-17)30(10-25-14)19-16(32)15(31)13(38-19)6-26-39(33,34)11-40(35,36)37/h10,12-13,15-16,19,31-32H,3-9,11H2,1-2H3,(H2,26,33,34)(H,27,28,29)(H2,35,36,37)/t12-,13-,15?,16?,19-,21+,22-,23-/m1/s1. The summed E-state index contributed by atoms with van der Waals surface area (Å²) in [5, 5.41) is 27.2. The van der Waals surface area contributed by atoms with E-state index in [0.717, 1.165) is 19.3 Å². The summed E-state index contributed by atoms with van der Waals surface area (Å²) in [6, 6.07) is 0. The number of aliphatic hydroxyl groups is 2. The number of nitrogens with zero attached hydrogens (tertiary/aromatic N) is 4. The van der Waals surface area contributed by atoms with Crippen LogP contribution >= 0.6 is 26.7 Å². The van der Waals surface area contributed by atoms with Gasteiger partial charge in [0.05, 0.1) is 6.33 Å². The number of nitrogens with one attached hydrogen (secondary N) is 2. The van der Waals surface area contributed by atoms with Gasteiger partial charge in [-0.25, -0.2) is 10.1 Å². The molecule has 1 aliphatic heterocycles. The third-order valence-corrected chi connectivity index (χ3v) is 12.8. The lowest BCUT2D eigenvalue weighted by Crippen LogP contribution is -2.61. The number of aliphatic hydroxyl groups excluding tert-OH is 2. The molecule has 0 radical (unpaired) electrons. The van der Waals surface area contributed by atoms with Crippen LogP contribution in [-0.2, 0) is 13.9 Å². The van der Waals surface area contributed by atoms with Crippen molar-refractivity contribution in [1.82, 2.24) is 24.6 Å². The second kappa shape index (κ2) is 9.41. The molecule has 0 amide bonds. The van der Waals surface area contributed by atoms with Crippen LogP contribution in [-0.4, -0.2) is 80.7 Å². The Morgan fingerprint density at radius 2 is 1.75 bits per heavy atom. The molecule has 40 heavy (non-hydrogen) atoms. The predicted octanol–water partition coefficient (Wildman–Crippen LogP) is 2.17. The Labute approximate surface area is 235 Å². The topological polar surface area (TPSA) is 212 Å². The lowest BCUT2D eigenvalue weighted by molar-refractivity contribution is -0.0973. The molecule has 3 heterocycles. The molecule has 9 atom stereocenters. The van der Waals surface area contributed by atoms with Gasteiger partial charge >= 0.3 is 7.60 Å². The SMILES string of the molecule is C[C@]12C[C@@H]3C[C@](C)(C1)C[C@@](Nc1nc(Cl)nc4c1ncn4[C@@H]1O[C@H](CNP(=O)(O)CP(=O)(O)O)C(O)C1O)(C3)C2. The zero-order valence-corrected chi connectivity index (χ0v) is 24.7. The van der Waals surface area contributed by atoms with Crippen LogP contribution in [0.4, 0.5) is 5.82 Å². The maximum atomic E-state index is 12.1. The van der Waals surface area contributed by atoms with E-state index in [0.29, 0.717) is 17.3 Å². The molecule has 4 bridgehead atoms. The first-order chi connectivity index (χ1) is 18.5. The molecule has 4 aliphatic carbocycles. The van der Waals surface area contributed by atoms with Gasteiger partial charge in [-0.1, -0.05) is 13.8 Å². The van der Waals surface area contributed by atoms with Crippen LogP contribution in [0.2, 0.25) is 5.28 Å². The van der Waals surface area contributed by atoms with Crippen molar-refractivity contribution in [1.29, 1.82) is 0 Å². The Kier molecular flexibility index (Phi) is 6.80. The van der Waals surface area contributed by atoms with Gasteiger partial charge in [-0.2, -0.15) is 9.97 Å². The Hall–Kier alpha value is -1.18. The van der Waals surface area contributed by atoms with Gasteiger partial charge in [0, 0.05) is 12.1 Å². The minimum atomic E-state index is -4.77. The molecule has 17 heteroatoms. The van der Waals surface area contributed by atoms with Crippen LogP contribution in [0.1, 0.15) is 58.6 Å². The Morgan fingerprint density at radius 1 is 1.07 bits per heavy atom. The van der Waals surface area contributed by atoms with Crippen LogP contribution in [0.3, 0.4) is 0 Å². The Bertz CT molecular complexity index is 1420. The van der Waals surface area contributed by atoms with Crippen LogP contribution in [0.5, 0.6) is 0 Å². The van der Waals surface area contributed by atoms with Gasteiger partial charge in [0.25, 0.3) is 7.52 Å². The van der Waals surface area contributed by atoms with Crippen molar-refractivity contribution >= 4 is 43.7 Å². The number of fused-ring (bicyclic) bond motifs is 1. The number of imidazole rings is 1. The molecule has 2 aromatic rings. The van der Waals surface area contributed by atoms with E-state index >= 15 is 0 Å². The summed E-state index contributed by atoms with van der Waals surface area (Å²) < 4.78 is 30.5. The molecule has 4 saturated carbocycles. The van der Waals surface area contributed by atoms with Crippen molar-refractivity contribution in [2.24, 2.45) is 16.7 Å². The molecule has 7 rings (SSSR count). The van der Waals surface area contributed by atoms with E-state index in [1.807, 2.05) is 0 Å². The van der Waals surface area contributed by atoms with Crippen molar-refractivity contribution < 1.29 is 38.8 Å². The summed E-state index contributed by atoms with van der Waals surface area (Å²) in [5.74, 6) is -0.130. The second-order valence-electron chi connectivity index (χ2n) is 13.1. The van der Waals surface area contributed by atoms with E-state index < -0.39 is 52.1 Å². The first-order valence-corrected chi connectivity index (χ1v) is 17.3. The van der Waals surface area contributed by atoms with E-state index in [4.69, 9.17) is 26.1 Å². The number of aromatic nitrogens is 4. The average molecular weight is 621 g/mol. The highest BCUT2D eigenvalue weighted by molar-refractivity contribution is 7.71. The number of hydrogen-bond donors (Lipinski definition) is 7. The van der Waals surface area contributed by atoms with Gasteiger partial charge in [-0.15, -0.1) is 0 Å². The van der Waals surface area contributed by atoms with Gasteiger partial charge in [0.2, 0.25) is 5.28 Å². The number of hydrogen-bond acceptors (Lipinski definition) is 9. The quantitative estimate of drug-likeness (QED) is 0.167. The molecule has 0 aromatic carbocycles. The molecule has 2 aromatic heterocycles. The molecule has 1 saturated heterocycles. The van der Waals surface area contributed by atoms with E-state index in [1.165, 1.54) is 30.2 Å². The van der Waals surface area contributed by atoms with Crippen LogP contribution in [0, 0.1) is 16.7 Å². The maximum absolute atomic E-state index is 12.1. The zero-order valence-electron chi connectivity index (χ0n) is 22.1. The Morgan fingerprint density at radius 3 is 2.38 bits per heavy atom. The summed E-state index contributed by atoms with van der Waals surface area (Å²) in [5.41, 5.74) is 1.11. The highest BCUT2D eigenvalue weighted by Crippen LogP contribution is 2.67. The second-order valence-corrected chi connectivity index (χ2v) is 17.6. The van der Waals surface area contributed by atoms with Crippen molar-refractivity contribution in [3.8, 4) is 0 Å². The fourth-order valence-corrected chi connectivity index (χ4v) is 11.7. The van der Waals surface area contributed by atoms with Crippen molar-refractivity contribution in [2.75, 3.05) is 17.8 Å². The molecule has 5 aliphatic rings. The monoisotopic (exact) mass is 620 g/mol. The summed E-state index contributed by atoms with van der Waals surface area (Å²) >= 11 is 6.36. The lowest BCUT2D eigenvalue weighted by Gasteiger charge is -2.65. The first-order valence-electron chi connectivity index (χ1n) is 13.3. The molecular formula is C23H35ClN6O8P2. The van der Waals surface area contributed by atoms with E-state index in [2.05, 4.69) is 39.2 Å². The summed E-state index contributed by atoms with van der Waals surface area (Å²) in [4.78, 5) is 41.2. The molecular weight excluding hydrogens is 586 g/mol. The third-order valence-electron chi connectivity index (χ3n) is 8.93. The van der Waals surface area contributed by atoms with Gasteiger partial charge in [-0.3, -0.25) is 13.7 Å². The third kappa shape index (κ3) is 5.37. The number of halogens is 1. The van der Waals surface area contributed by atoms with E-state index in [1.54, 1.807) is 0 Å². The van der Waals surface area contributed by atoms with E-state index in [9.17, 15) is 24.2 Å². The van der Waals surface area contributed by atoms with Gasteiger partial charge < -0.3 is 34.9 Å². The van der Waals surface area contributed by atoms with Gasteiger partial charge in [0.1, 0.15) is 24.2 Å². The summed E-state index contributed by atoms with van der Waals surface area (Å²) in [7, 11) is -9.20. The normalized spacial score (nSPS) is 40.5. The molecule has 7 N–H and O–H groups in total. The maximum Gasteiger partial charge on any atom is 0.336 e. The van der Waals surface area contributed by atoms with Crippen molar-refractivity contribution in [2.45, 2.75) is 82.5 Å². The fraction of sp³-hybridized carbons (Fsp3) is 0.783. The minimum absolute atomic E-state index is 0.0243. The number of anilines is 1. The number of ether oxygens (including phenoxy) is 1. The summed E-state index contributed by atoms with van der Waals surface area (Å²) in [6.07, 6.45) is 2.92. The van der Waals surface area contributed by atoms with Crippen molar-refractivity contribution in [3.63, 3.8) is 0 Å². The minimum Gasteiger partial charge on any atom is -0.387 e. The van der Waals surface area contributed by atoms with Gasteiger partial charge in [-0.05, 0) is 66.9 Å². The largest absolute Gasteiger partial charge is 0.387 e. The van der Waals surface area contributed by atoms with Crippen LogP contribution in [0.25, 0.3) is 11.2 Å². The molecule has 5 fully saturated rings. The smallest absolute Gasteiger partial charge is 0.336 e. The summed E-state index contributed by atoms with van der Waals surface area (Å²) in [6.45, 7) is 4.31. The predicted molar refractivity (Wildman–Crippen MR) is 145 cm³/mol. The fourth-order valence-electron chi connectivity index (χ4n) is 8.66. The molecule has 3 unspecified atom stereocenters. The van der Waals surface area contributed by atoms with Crippen LogP contribution in [0.15, 0.2) is 6.33 Å². The molecule has 0 spiro atoms. The van der Waals surface area contributed by atoms with E-state index in [-0.39, 0.29) is 27.3 Å².